The molecule has 0 saturated carbocycles. The highest BCUT2D eigenvalue weighted by Crippen LogP contribution is 2.22. The monoisotopic (exact) mass is 288 g/mol. The number of rotatable bonds is 2. The maximum Gasteiger partial charge on any atom is 0.146 e. The average molecular weight is 289 g/mol. The number of hydrogen-bond donors (Lipinski definition) is 0. The molecule has 0 N–H and O–H groups in total. The summed E-state index contributed by atoms with van der Waals surface area (Å²) in [7, 11) is 0. The fourth-order valence-corrected chi connectivity index (χ4v) is 2.49. The van der Waals surface area contributed by atoms with Crippen molar-refractivity contribution in [1.29, 1.82) is 0 Å². The van der Waals surface area contributed by atoms with E-state index in [2.05, 4.69) is 31.0 Å². The minimum absolute atomic E-state index is 0.152. The second-order valence-corrected chi connectivity index (χ2v) is 5.42. The first-order chi connectivity index (χ1) is 9.56. The first kappa shape index (κ1) is 13.1. The van der Waals surface area contributed by atoms with Crippen molar-refractivity contribution in [2.75, 3.05) is 0 Å². The van der Waals surface area contributed by atoms with Crippen LogP contribution in [0.2, 0.25) is 5.02 Å². The molecule has 0 spiro atoms. The van der Waals surface area contributed by atoms with E-state index in [1.54, 1.807) is 24.5 Å². The Labute approximate surface area is 121 Å². The molecule has 0 fully saturated rings. The highest BCUT2D eigenvalue weighted by molar-refractivity contribution is 6.30. The standard InChI is InChI=1S/C16H14ClFN2/c1-10-6-14-15(7-11(10)2)20(9-19-14)8-12-4-3-5-13(17)16(12)18/h3-7,9H,8H2,1-2H3. The molecular weight excluding hydrogens is 275 g/mol. The van der Waals surface area contributed by atoms with Gasteiger partial charge in [0.25, 0.3) is 0 Å². The average Bonchev–Trinajstić information content (AvgIpc) is 2.78. The predicted octanol–water partition coefficient (Wildman–Crippen LogP) is 4.49. The zero-order valence-corrected chi connectivity index (χ0v) is 12.1. The van der Waals surface area contributed by atoms with Gasteiger partial charge in [-0.3, -0.25) is 0 Å². The lowest BCUT2D eigenvalue weighted by atomic mass is 10.1. The number of halogens is 2. The molecule has 102 valence electrons. The lowest BCUT2D eigenvalue weighted by Gasteiger charge is -2.08. The van der Waals surface area contributed by atoms with Crippen LogP contribution in [0.15, 0.2) is 36.7 Å². The molecule has 3 aromatic rings. The maximum atomic E-state index is 14.0. The zero-order chi connectivity index (χ0) is 14.3. The minimum Gasteiger partial charge on any atom is -0.326 e. The van der Waals surface area contributed by atoms with E-state index in [1.165, 1.54) is 11.1 Å². The number of fused-ring (bicyclic) bond motifs is 1. The van der Waals surface area contributed by atoms with Crippen LogP contribution in [0, 0.1) is 19.7 Å². The number of aryl methyl sites for hydroxylation is 2. The van der Waals surface area contributed by atoms with E-state index in [0.29, 0.717) is 12.1 Å². The van der Waals surface area contributed by atoms with Crippen molar-refractivity contribution in [3.63, 3.8) is 0 Å². The molecule has 4 heteroatoms. The molecule has 1 aromatic heterocycles. The van der Waals surface area contributed by atoms with Crippen molar-refractivity contribution < 1.29 is 4.39 Å². The number of aromatic nitrogens is 2. The number of hydrogen-bond acceptors (Lipinski definition) is 1. The van der Waals surface area contributed by atoms with Crippen LogP contribution in [0.3, 0.4) is 0 Å². The van der Waals surface area contributed by atoms with E-state index in [1.807, 2.05) is 4.57 Å². The van der Waals surface area contributed by atoms with Crippen LogP contribution in [0.25, 0.3) is 11.0 Å². The molecule has 0 bridgehead atoms. The third-order valence-electron chi connectivity index (χ3n) is 3.61. The highest BCUT2D eigenvalue weighted by atomic mass is 35.5. The van der Waals surface area contributed by atoms with Crippen LogP contribution in [-0.2, 0) is 6.54 Å². The molecule has 0 radical (unpaired) electrons. The second kappa shape index (κ2) is 4.91. The van der Waals surface area contributed by atoms with Crippen molar-refractivity contribution in [2.45, 2.75) is 20.4 Å². The van der Waals surface area contributed by atoms with Gasteiger partial charge in [0, 0.05) is 5.56 Å². The summed E-state index contributed by atoms with van der Waals surface area (Å²) in [5.41, 5.74) is 4.90. The Morgan fingerprint density at radius 1 is 1.20 bits per heavy atom. The van der Waals surface area contributed by atoms with E-state index in [4.69, 9.17) is 11.6 Å². The van der Waals surface area contributed by atoms with Gasteiger partial charge in [0.2, 0.25) is 0 Å². The summed E-state index contributed by atoms with van der Waals surface area (Å²) in [4.78, 5) is 4.38. The first-order valence-corrected chi connectivity index (χ1v) is 6.79. The Balaban J connectivity index is 2.07. The molecule has 1 heterocycles. The van der Waals surface area contributed by atoms with Crippen LogP contribution in [0.1, 0.15) is 16.7 Å². The minimum atomic E-state index is -0.361. The van der Waals surface area contributed by atoms with Crippen LogP contribution in [0.5, 0.6) is 0 Å². The molecule has 0 aliphatic heterocycles. The summed E-state index contributed by atoms with van der Waals surface area (Å²) in [6.07, 6.45) is 1.74. The SMILES string of the molecule is Cc1cc2ncn(Cc3cccc(Cl)c3F)c2cc1C. The van der Waals surface area contributed by atoms with Crippen molar-refractivity contribution in [2.24, 2.45) is 0 Å². The smallest absolute Gasteiger partial charge is 0.146 e. The number of imidazole rings is 1. The van der Waals surface area contributed by atoms with Gasteiger partial charge in [-0.05, 0) is 43.2 Å². The molecule has 0 aliphatic rings. The third kappa shape index (κ3) is 2.18. The molecule has 2 nitrogen and oxygen atoms in total. The lowest BCUT2D eigenvalue weighted by Crippen LogP contribution is -2.01. The van der Waals surface area contributed by atoms with E-state index >= 15 is 0 Å². The van der Waals surface area contributed by atoms with Gasteiger partial charge in [-0.1, -0.05) is 23.7 Å². The quantitative estimate of drug-likeness (QED) is 0.679. The molecule has 2 aromatic carbocycles. The summed E-state index contributed by atoms with van der Waals surface area (Å²) < 4.78 is 15.9. The van der Waals surface area contributed by atoms with Crippen molar-refractivity contribution in [1.82, 2.24) is 9.55 Å². The largest absolute Gasteiger partial charge is 0.326 e. The van der Waals surface area contributed by atoms with Crippen LogP contribution in [-0.4, -0.2) is 9.55 Å². The van der Waals surface area contributed by atoms with Crippen LogP contribution >= 0.6 is 11.6 Å². The van der Waals surface area contributed by atoms with E-state index in [-0.39, 0.29) is 10.8 Å². The molecule has 0 amide bonds. The van der Waals surface area contributed by atoms with E-state index < -0.39 is 0 Å². The summed E-state index contributed by atoms with van der Waals surface area (Å²) in [6.45, 7) is 4.54. The summed E-state index contributed by atoms with van der Waals surface area (Å²) >= 11 is 5.82. The Kier molecular flexibility index (Phi) is 3.22. The Morgan fingerprint density at radius 2 is 1.95 bits per heavy atom. The second-order valence-electron chi connectivity index (χ2n) is 5.01. The van der Waals surface area contributed by atoms with E-state index in [9.17, 15) is 4.39 Å². The van der Waals surface area contributed by atoms with Gasteiger partial charge < -0.3 is 4.57 Å². The van der Waals surface area contributed by atoms with Gasteiger partial charge in [-0.2, -0.15) is 0 Å². The van der Waals surface area contributed by atoms with Gasteiger partial charge in [0.15, 0.2) is 0 Å². The highest BCUT2D eigenvalue weighted by Gasteiger charge is 2.10. The summed E-state index contributed by atoms with van der Waals surface area (Å²) in [6, 6.07) is 9.19. The molecule has 3 rings (SSSR count). The molecule has 0 aliphatic carbocycles. The molecule has 0 saturated heterocycles. The maximum absolute atomic E-state index is 14.0. The van der Waals surface area contributed by atoms with Gasteiger partial charge >= 0.3 is 0 Å². The lowest BCUT2D eigenvalue weighted by molar-refractivity contribution is 0.602. The molecule has 20 heavy (non-hydrogen) atoms. The Hall–Kier alpha value is -1.87. The first-order valence-electron chi connectivity index (χ1n) is 6.41. The number of benzene rings is 2. The molecule has 0 unspecified atom stereocenters. The fourth-order valence-electron chi connectivity index (χ4n) is 2.29. The van der Waals surface area contributed by atoms with E-state index in [0.717, 1.165) is 11.0 Å². The van der Waals surface area contributed by atoms with Gasteiger partial charge in [0.1, 0.15) is 5.82 Å². The van der Waals surface area contributed by atoms with Crippen molar-refractivity contribution >= 4 is 22.6 Å². The Bertz CT molecular complexity index is 793. The van der Waals surface area contributed by atoms with Gasteiger partial charge in [-0.25, -0.2) is 9.37 Å². The van der Waals surface area contributed by atoms with Gasteiger partial charge in [0.05, 0.1) is 28.9 Å². The fraction of sp³-hybridized carbons (Fsp3) is 0.188. The molecule has 0 atom stereocenters. The van der Waals surface area contributed by atoms with Crippen molar-refractivity contribution in [3.05, 3.63) is 64.2 Å². The third-order valence-corrected chi connectivity index (χ3v) is 3.90. The molecular formula is C16H14ClFN2. The summed E-state index contributed by atoms with van der Waals surface area (Å²) in [5, 5.41) is 0.152. The van der Waals surface area contributed by atoms with Crippen LogP contribution in [0.4, 0.5) is 4.39 Å². The summed E-state index contributed by atoms with van der Waals surface area (Å²) in [5.74, 6) is -0.361. The Morgan fingerprint density at radius 3 is 2.75 bits per heavy atom. The van der Waals surface area contributed by atoms with Crippen molar-refractivity contribution in [3.8, 4) is 0 Å². The predicted molar refractivity (Wildman–Crippen MR) is 79.7 cm³/mol. The topological polar surface area (TPSA) is 17.8 Å². The van der Waals surface area contributed by atoms with Gasteiger partial charge in [-0.15, -0.1) is 0 Å². The zero-order valence-electron chi connectivity index (χ0n) is 11.3. The normalized spacial score (nSPS) is 11.2. The van der Waals surface area contributed by atoms with Crippen LogP contribution < -0.4 is 0 Å². The number of nitrogens with zero attached hydrogens (tertiary/aromatic N) is 2.